The van der Waals surface area contributed by atoms with Crippen molar-refractivity contribution in [1.82, 2.24) is 0 Å². The van der Waals surface area contributed by atoms with Crippen molar-refractivity contribution in [3.63, 3.8) is 0 Å². The predicted octanol–water partition coefficient (Wildman–Crippen LogP) is 2.96. The van der Waals surface area contributed by atoms with Gasteiger partial charge in [0.2, 0.25) is 0 Å². The first kappa shape index (κ1) is 21.3. The lowest BCUT2D eigenvalue weighted by atomic mass is 9.85. The molecule has 1 atom stereocenters. The Morgan fingerprint density at radius 3 is 2.29 bits per heavy atom. The molecule has 1 aliphatic rings. The van der Waals surface area contributed by atoms with Crippen LogP contribution in [-0.4, -0.2) is 44.2 Å². The summed E-state index contributed by atoms with van der Waals surface area (Å²) in [4.78, 5) is 36.3. The van der Waals surface area contributed by atoms with Crippen molar-refractivity contribution in [2.75, 3.05) is 20.3 Å². The Bertz CT molecular complexity index is 715. The van der Waals surface area contributed by atoms with E-state index in [4.69, 9.17) is 18.9 Å². The quantitative estimate of drug-likeness (QED) is 0.397. The van der Waals surface area contributed by atoms with Crippen LogP contribution in [0, 0.1) is 5.92 Å². The molecule has 0 saturated carbocycles. The molecular formula is C20H24O8. The van der Waals surface area contributed by atoms with E-state index in [2.05, 4.69) is 4.74 Å². The Labute approximate surface area is 163 Å². The number of ether oxygens (including phenoxy) is 5. The van der Waals surface area contributed by atoms with Gasteiger partial charge in [-0.3, -0.25) is 9.59 Å². The van der Waals surface area contributed by atoms with Crippen LogP contribution in [0.25, 0.3) is 0 Å². The third kappa shape index (κ3) is 5.48. The van der Waals surface area contributed by atoms with Crippen LogP contribution in [0.5, 0.6) is 5.75 Å². The number of esters is 2. The van der Waals surface area contributed by atoms with Crippen molar-refractivity contribution >= 4 is 18.1 Å². The van der Waals surface area contributed by atoms with Gasteiger partial charge in [0, 0.05) is 19.8 Å². The molecule has 1 fully saturated rings. The topological polar surface area (TPSA) is 97.4 Å². The first-order valence-electron chi connectivity index (χ1n) is 8.83. The molecule has 0 N–H and O–H groups in total. The highest BCUT2D eigenvalue weighted by Gasteiger charge is 2.46. The fourth-order valence-corrected chi connectivity index (χ4v) is 2.74. The first-order chi connectivity index (χ1) is 13.3. The molecule has 1 aromatic rings. The van der Waals surface area contributed by atoms with Crippen LogP contribution in [-0.2, 0) is 28.5 Å². The minimum atomic E-state index is -1.31. The highest BCUT2D eigenvalue weighted by Crippen LogP contribution is 2.35. The largest absolute Gasteiger partial charge is 0.508 e. The van der Waals surface area contributed by atoms with Crippen molar-refractivity contribution in [3.8, 4) is 5.75 Å². The lowest BCUT2D eigenvalue weighted by Crippen LogP contribution is -2.48. The number of rotatable bonds is 7. The van der Waals surface area contributed by atoms with E-state index >= 15 is 0 Å². The zero-order valence-electron chi connectivity index (χ0n) is 16.3. The Balaban J connectivity index is 2.24. The number of carbonyl (C=O) groups excluding carboxylic acids is 3. The van der Waals surface area contributed by atoms with Gasteiger partial charge < -0.3 is 23.7 Å². The lowest BCUT2D eigenvalue weighted by molar-refractivity contribution is -0.240. The summed E-state index contributed by atoms with van der Waals surface area (Å²) < 4.78 is 25.2. The predicted molar refractivity (Wildman–Crippen MR) is 97.6 cm³/mol. The third-order valence-electron chi connectivity index (χ3n) is 3.96. The number of methoxy groups -OCH3 is 1. The van der Waals surface area contributed by atoms with Crippen molar-refractivity contribution in [2.45, 2.75) is 32.5 Å². The van der Waals surface area contributed by atoms with Crippen molar-refractivity contribution in [3.05, 3.63) is 42.0 Å². The number of benzene rings is 1. The van der Waals surface area contributed by atoms with Crippen LogP contribution in [0.15, 0.2) is 36.4 Å². The standard InChI is InChI=1S/C20H24O8/c1-5-25-19(23)26-12-6-7-15(13-8-10-14(24-4)11-9-13)16-17(21)27-20(2,3)28-18(16)22/h6-11,15-16H,5,12H2,1-4H3/b7-6+. The molecule has 1 unspecified atom stereocenters. The number of hydrogen-bond acceptors (Lipinski definition) is 8. The van der Waals surface area contributed by atoms with E-state index in [-0.39, 0.29) is 13.2 Å². The molecule has 0 aromatic heterocycles. The summed E-state index contributed by atoms with van der Waals surface area (Å²) in [6.07, 6.45) is 2.34. The average Bonchev–Trinajstić information content (AvgIpc) is 2.62. The van der Waals surface area contributed by atoms with E-state index in [1.165, 1.54) is 27.0 Å². The molecule has 1 heterocycles. The second kappa shape index (κ2) is 9.25. The van der Waals surface area contributed by atoms with Gasteiger partial charge in [-0.15, -0.1) is 0 Å². The molecule has 0 bridgehead atoms. The molecule has 0 spiro atoms. The highest BCUT2D eigenvalue weighted by atomic mass is 16.7. The van der Waals surface area contributed by atoms with Crippen LogP contribution in [0.2, 0.25) is 0 Å². The molecule has 1 aromatic carbocycles. The second-order valence-electron chi connectivity index (χ2n) is 6.44. The van der Waals surface area contributed by atoms with Crippen LogP contribution in [0.3, 0.4) is 0 Å². The summed E-state index contributed by atoms with van der Waals surface area (Å²) in [6, 6.07) is 6.91. The Kier molecular flexibility index (Phi) is 7.03. The molecule has 1 saturated heterocycles. The van der Waals surface area contributed by atoms with Gasteiger partial charge in [-0.2, -0.15) is 0 Å². The van der Waals surface area contributed by atoms with Gasteiger partial charge in [0.15, 0.2) is 5.92 Å². The van der Waals surface area contributed by atoms with E-state index in [1.54, 1.807) is 37.3 Å². The zero-order chi connectivity index (χ0) is 20.7. The maximum absolute atomic E-state index is 12.5. The van der Waals surface area contributed by atoms with Crippen LogP contribution >= 0.6 is 0 Å². The van der Waals surface area contributed by atoms with Crippen LogP contribution in [0.1, 0.15) is 32.3 Å². The monoisotopic (exact) mass is 392 g/mol. The van der Waals surface area contributed by atoms with Gasteiger partial charge in [-0.25, -0.2) is 4.79 Å². The van der Waals surface area contributed by atoms with Gasteiger partial charge in [0.25, 0.3) is 5.79 Å². The van der Waals surface area contributed by atoms with Gasteiger partial charge in [-0.05, 0) is 24.6 Å². The van der Waals surface area contributed by atoms with Gasteiger partial charge >= 0.3 is 18.1 Å². The number of carbonyl (C=O) groups is 3. The molecule has 1 aliphatic heterocycles. The van der Waals surface area contributed by atoms with E-state index in [0.29, 0.717) is 11.3 Å². The summed E-state index contributed by atoms with van der Waals surface area (Å²) in [6.45, 7) is 4.77. The van der Waals surface area contributed by atoms with Gasteiger partial charge in [0.1, 0.15) is 12.4 Å². The molecule has 0 amide bonds. The summed E-state index contributed by atoms with van der Waals surface area (Å²) >= 11 is 0. The number of hydrogen-bond donors (Lipinski definition) is 0. The molecule has 0 radical (unpaired) electrons. The fraction of sp³-hybridized carbons (Fsp3) is 0.450. The molecular weight excluding hydrogens is 368 g/mol. The van der Waals surface area contributed by atoms with E-state index in [1.807, 2.05) is 0 Å². The van der Waals surface area contributed by atoms with E-state index in [9.17, 15) is 14.4 Å². The Hall–Kier alpha value is -3.03. The highest BCUT2D eigenvalue weighted by molar-refractivity contribution is 5.98. The van der Waals surface area contributed by atoms with Crippen LogP contribution < -0.4 is 4.74 Å². The average molecular weight is 392 g/mol. The molecule has 152 valence electrons. The van der Waals surface area contributed by atoms with Crippen molar-refractivity contribution in [1.29, 1.82) is 0 Å². The molecule has 2 rings (SSSR count). The van der Waals surface area contributed by atoms with Crippen molar-refractivity contribution < 1.29 is 38.1 Å². The minimum Gasteiger partial charge on any atom is -0.497 e. The maximum atomic E-state index is 12.5. The van der Waals surface area contributed by atoms with E-state index < -0.39 is 35.7 Å². The van der Waals surface area contributed by atoms with Gasteiger partial charge in [0.05, 0.1) is 13.7 Å². The number of allylic oxidation sites excluding steroid dienone is 1. The fourth-order valence-electron chi connectivity index (χ4n) is 2.74. The number of cyclic esters (lactones) is 2. The van der Waals surface area contributed by atoms with Crippen molar-refractivity contribution in [2.24, 2.45) is 5.92 Å². The SMILES string of the molecule is CCOC(=O)OC/C=C/C(c1ccc(OC)cc1)C1C(=O)OC(C)(C)OC1=O. The summed E-state index contributed by atoms with van der Waals surface area (Å²) in [5, 5.41) is 0. The lowest BCUT2D eigenvalue weighted by Gasteiger charge is -2.35. The molecule has 8 nitrogen and oxygen atoms in total. The molecule has 0 aliphatic carbocycles. The molecule has 28 heavy (non-hydrogen) atoms. The normalized spacial score (nSPS) is 17.6. The first-order valence-corrected chi connectivity index (χ1v) is 8.83. The summed E-state index contributed by atoms with van der Waals surface area (Å²) in [5.41, 5.74) is 0.673. The maximum Gasteiger partial charge on any atom is 0.508 e. The Morgan fingerprint density at radius 1 is 1.14 bits per heavy atom. The van der Waals surface area contributed by atoms with E-state index in [0.717, 1.165) is 0 Å². The third-order valence-corrected chi connectivity index (χ3v) is 3.96. The summed E-state index contributed by atoms with van der Waals surface area (Å²) in [7, 11) is 1.54. The summed E-state index contributed by atoms with van der Waals surface area (Å²) in [5.74, 6) is -3.90. The van der Waals surface area contributed by atoms with Gasteiger partial charge in [-0.1, -0.05) is 24.3 Å². The second-order valence-corrected chi connectivity index (χ2v) is 6.44. The van der Waals surface area contributed by atoms with Crippen LogP contribution in [0.4, 0.5) is 4.79 Å². The smallest absolute Gasteiger partial charge is 0.497 e. The molecule has 8 heteroatoms. The Morgan fingerprint density at radius 2 is 1.75 bits per heavy atom. The minimum absolute atomic E-state index is 0.0756. The zero-order valence-corrected chi connectivity index (χ0v) is 16.3.